The first-order chi connectivity index (χ1) is 8.79. The molecule has 0 fully saturated rings. The van der Waals surface area contributed by atoms with Gasteiger partial charge in [-0.1, -0.05) is 71.1 Å². The summed E-state index contributed by atoms with van der Waals surface area (Å²) >= 11 is 0. The quantitative estimate of drug-likeness (QED) is 0.548. The predicted molar refractivity (Wildman–Crippen MR) is 79.9 cm³/mol. The fourth-order valence-electron chi connectivity index (χ4n) is 2.77. The van der Waals surface area contributed by atoms with Crippen LogP contribution in [-0.2, 0) is 0 Å². The molecule has 0 radical (unpaired) electrons. The van der Waals surface area contributed by atoms with Crippen LogP contribution in [0.2, 0.25) is 0 Å². The molecule has 0 aromatic rings. The molecule has 0 aliphatic heterocycles. The molecule has 0 saturated carbocycles. The third kappa shape index (κ3) is 8.60. The second kappa shape index (κ2) is 10.5. The van der Waals surface area contributed by atoms with Crippen molar-refractivity contribution >= 4 is 0 Å². The van der Waals surface area contributed by atoms with Crippen LogP contribution in [-0.4, -0.2) is 5.11 Å². The molecule has 106 valence electrons. The highest BCUT2D eigenvalue weighted by Gasteiger charge is 2.02. The van der Waals surface area contributed by atoms with E-state index in [1.54, 1.807) is 0 Å². The fraction of sp³-hybridized carbons (Fsp3) is 0.882. The number of allylic oxidation sites excluding steroid dienone is 2. The summed E-state index contributed by atoms with van der Waals surface area (Å²) in [5.74, 6) is 1.37. The van der Waals surface area contributed by atoms with Crippen LogP contribution in [0.15, 0.2) is 11.8 Å². The van der Waals surface area contributed by atoms with Crippen molar-refractivity contribution in [2.45, 2.75) is 90.4 Å². The van der Waals surface area contributed by atoms with Gasteiger partial charge in [0.05, 0.1) is 5.76 Å². The average molecular weight is 252 g/mol. The topological polar surface area (TPSA) is 20.2 Å². The molecule has 0 amide bonds. The monoisotopic (exact) mass is 252 g/mol. The van der Waals surface area contributed by atoms with Gasteiger partial charge in [0.2, 0.25) is 0 Å². The molecule has 0 aromatic carbocycles. The molecule has 1 N–H and O–H groups in total. The van der Waals surface area contributed by atoms with E-state index < -0.39 is 0 Å². The van der Waals surface area contributed by atoms with Gasteiger partial charge in [-0.3, -0.25) is 0 Å². The molecule has 1 aliphatic carbocycles. The first-order valence-corrected chi connectivity index (χ1v) is 8.17. The minimum atomic E-state index is 0.633. The second-order valence-electron chi connectivity index (χ2n) is 6.11. The van der Waals surface area contributed by atoms with Gasteiger partial charge in [0.25, 0.3) is 0 Å². The first-order valence-electron chi connectivity index (χ1n) is 8.17. The minimum absolute atomic E-state index is 0.633. The average Bonchev–Trinajstić information content (AvgIpc) is 2.36. The zero-order chi connectivity index (χ0) is 13.1. The normalized spacial score (nSPS) is 26.5. The molecular formula is C17H32O. The number of aliphatic hydroxyl groups excluding tert-OH is 1. The lowest BCUT2D eigenvalue weighted by atomic mass is 9.97. The number of rotatable bonds is 0. The van der Waals surface area contributed by atoms with E-state index >= 15 is 0 Å². The van der Waals surface area contributed by atoms with E-state index in [0.717, 1.165) is 25.2 Å². The standard InChI is InChI=1S/C17H32O/c1-16-12-10-8-6-4-2-3-5-7-9-11-13-17(18)15-14-16/h15-16,18H,2-14H2,1H3. The zero-order valence-corrected chi connectivity index (χ0v) is 12.3. The fourth-order valence-corrected chi connectivity index (χ4v) is 2.77. The maximum atomic E-state index is 9.80. The lowest BCUT2D eigenvalue weighted by Gasteiger charge is -2.10. The molecule has 1 unspecified atom stereocenters. The maximum Gasteiger partial charge on any atom is 0.0882 e. The lowest BCUT2D eigenvalue weighted by molar-refractivity contribution is 0.372. The van der Waals surface area contributed by atoms with Gasteiger partial charge in [-0.25, -0.2) is 0 Å². The van der Waals surface area contributed by atoms with Crippen molar-refractivity contribution in [3.63, 3.8) is 0 Å². The third-order valence-electron chi connectivity index (χ3n) is 4.14. The van der Waals surface area contributed by atoms with Gasteiger partial charge < -0.3 is 5.11 Å². The smallest absolute Gasteiger partial charge is 0.0882 e. The van der Waals surface area contributed by atoms with Crippen LogP contribution >= 0.6 is 0 Å². The highest BCUT2D eigenvalue weighted by atomic mass is 16.3. The summed E-state index contributed by atoms with van der Waals surface area (Å²) in [5, 5.41) is 9.80. The van der Waals surface area contributed by atoms with Crippen molar-refractivity contribution in [1.29, 1.82) is 0 Å². The first kappa shape index (κ1) is 15.6. The van der Waals surface area contributed by atoms with E-state index in [4.69, 9.17) is 0 Å². The van der Waals surface area contributed by atoms with Crippen molar-refractivity contribution in [3.8, 4) is 0 Å². The Morgan fingerprint density at radius 3 is 1.94 bits per heavy atom. The highest BCUT2D eigenvalue weighted by Crippen LogP contribution is 2.18. The summed E-state index contributed by atoms with van der Waals surface area (Å²) in [7, 11) is 0. The van der Waals surface area contributed by atoms with Crippen LogP contribution in [0, 0.1) is 5.92 Å². The summed E-state index contributed by atoms with van der Waals surface area (Å²) in [5.41, 5.74) is 0. The maximum absolute atomic E-state index is 9.80. The molecule has 1 aliphatic rings. The van der Waals surface area contributed by atoms with E-state index in [9.17, 15) is 5.11 Å². The van der Waals surface area contributed by atoms with Crippen LogP contribution in [0.3, 0.4) is 0 Å². The predicted octanol–water partition coefficient (Wildman–Crippen LogP) is 6.15. The van der Waals surface area contributed by atoms with E-state index in [-0.39, 0.29) is 0 Å². The molecule has 1 heteroatoms. The molecule has 0 aromatic heterocycles. The van der Waals surface area contributed by atoms with Gasteiger partial charge in [-0.15, -0.1) is 0 Å². The Morgan fingerprint density at radius 1 is 0.833 bits per heavy atom. The zero-order valence-electron chi connectivity index (χ0n) is 12.3. The third-order valence-corrected chi connectivity index (χ3v) is 4.14. The van der Waals surface area contributed by atoms with Gasteiger partial charge in [0.15, 0.2) is 0 Å². The Kier molecular flexibility index (Phi) is 9.06. The van der Waals surface area contributed by atoms with Crippen LogP contribution in [0.1, 0.15) is 90.4 Å². The van der Waals surface area contributed by atoms with Crippen LogP contribution < -0.4 is 0 Å². The number of aliphatic hydroxyl groups is 1. The van der Waals surface area contributed by atoms with Gasteiger partial charge >= 0.3 is 0 Å². The highest BCUT2D eigenvalue weighted by molar-refractivity contribution is 4.91. The summed E-state index contributed by atoms with van der Waals surface area (Å²) in [4.78, 5) is 0. The van der Waals surface area contributed by atoms with E-state index in [2.05, 4.69) is 13.0 Å². The largest absolute Gasteiger partial charge is 0.513 e. The van der Waals surface area contributed by atoms with Gasteiger partial charge in [-0.05, 0) is 24.8 Å². The second-order valence-corrected chi connectivity index (χ2v) is 6.11. The Labute approximate surface area is 114 Å². The number of hydrogen-bond donors (Lipinski definition) is 1. The Balaban J connectivity index is 2.28. The Hall–Kier alpha value is -0.460. The van der Waals surface area contributed by atoms with Gasteiger partial charge in [-0.2, -0.15) is 0 Å². The van der Waals surface area contributed by atoms with Crippen LogP contribution in [0.25, 0.3) is 0 Å². The van der Waals surface area contributed by atoms with Crippen molar-refractivity contribution in [2.75, 3.05) is 0 Å². The molecule has 0 bridgehead atoms. The van der Waals surface area contributed by atoms with E-state index in [1.165, 1.54) is 64.2 Å². The molecule has 1 rings (SSSR count). The molecule has 1 nitrogen and oxygen atoms in total. The van der Waals surface area contributed by atoms with Crippen LogP contribution in [0.4, 0.5) is 0 Å². The summed E-state index contributed by atoms with van der Waals surface area (Å²) in [6, 6.07) is 0. The van der Waals surface area contributed by atoms with Crippen molar-refractivity contribution < 1.29 is 5.11 Å². The Morgan fingerprint density at radius 2 is 1.33 bits per heavy atom. The molecule has 1 atom stereocenters. The van der Waals surface area contributed by atoms with E-state index in [1.807, 2.05) is 0 Å². The molecule has 0 saturated heterocycles. The summed E-state index contributed by atoms with van der Waals surface area (Å²) in [6.45, 7) is 2.31. The molecule has 18 heavy (non-hydrogen) atoms. The molecule has 0 heterocycles. The lowest BCUT2D eigenvalue weighted by Crippen LogP contribution is -1.95. The summed E-state index contributed by atoms with van der Waals surface area (Å²) in [6.07, 6.45) is 19.0. The van der Waals surface area contributed by atoms with Gasteiger partial charge in [0.1, 0.15) is 0 Å². The van der Waals surface area contributed by atoms with Crippen molar-refractivity contribution in [2.24, 2.45) is 5.92 Å². The Bertz CT molecular complexity index is 220. The van der Waals surface area contributed by atoms with E-state index in [0.29, 0.717) is 5.76 Å². The van der Waals surface area contributed by atoms with Crippen molar-refractivity contribution in [1.82, 2.24) is 0 Å². The van der Waals surface area contributed by atoms with Crippen molar-refractivity contribution in [3.05, 3.63) is 11.8 Å². The molecule has 0 spiro atoms. The van der Waals surface area contributed by atoms with Crippen LogP contribution in [0.5, 0.6) is 0 Å². The minimum Gasteiger partial charge on any atom is -0.513 e. The van der Waals surface area contributed by atoms with Gasteiger partial charge in [0, 0.05) is 6.42 Å². The molecular weight excluding hydrogens is 220 g/mol. The SMILES string of the molecule is CC1CC=C(O)CCCCCCCCCCCC1. The summed E-state index contributed by atoms with van der Waals surface area (Å²) < 4.78 is 0. The number of hydrogen-bond acceptors (Lipinski definition) is 1.